The molecule has 0 aromatic heterocycles. The topological polar surface area (TPSA) is 46.5 Å². The summed E-state index contributed by atoms with van der Waals surface area (Å²) >= 11 is 0. The lowest BCUT2D eigenvalue weighted by molar-refractivity contribution is -0.0663. The Balaban J connectivity index is 1.98. The number of benzene rings is 1. The van der Waals surface area contributed by atoms with Crippen molar-refractivity contribution in [1.82, 2.24) is 0 Å². The fourth-order valence-electron chi connectivity index (χ4n) is 1.75. The van der Waals surface area contributed by atoms with Crippen molar-refractivity contribution in [2.45, 2.75) is 31.8 Å². The molecule has 1 saturated carbocycles. The third-order valence-electron chi connectivity index (χ3n) is 3.03. The van der Waals surface area contributed by atoms with Crippen LogP contribution in [-0.2, 0) is 0 Å². The van der Waals surface area contributed by atoms with Gasteiger partial charge in [0.25, 0.3) is 0 Å². The molecular formula is C13H16O3. The van der Waals surface area contributed by atoms with Crippen LogP contribution >= 0.6 is 0 Å². The van der Waals surface area contributed by atoms with E-state index in [0.29, 0.717) is 17.9 Å². The zero-order chi connectivity index (χ0) is 11.6. The number of Topliss-reactive ketones (excluding diaryl/α,β-unsaturated/α-hetero) is 1. The van der Waals surface area contributed by atoms with Gasteiger partial charge in [0, 0.05) is 5.56 Å². The highest BCUT2D eigenvalue weighted by atomic mass is 16.5. The maximum atomic E-state index is 11.2. The molecule has 1 aliphatic carbocycles. The van der Waals surface area contributed by atoms with E-state index in [9.17, 15) is 9.90 Å². The predicted octanol–water partition coefficient (Wildman–Crippen LogP) is 2.18. The molecule has 0 radical (unpaired) electrons. The third kappa shape index (κ3) is 2.42. The molecule has 3 heteroatoms. The van der Waals surface area contributed by atoms with E-state index >= 15 is 0 Å². The predicted molar refractivity (Wildman–Crippen MR) is 60.7 cm³/mol. The van der Waals surface area contributed by atoms with Gasteiger partial charge in [-0.15, -0.1) is 0 Å². The highest BCUT2D eigenvalue weighted by Gasteiger charge is 2.35. The lowest BCUT2D eigenvalue weighted by atomic mass is 9.81. The molecular weight excluding hydrogens is 204 g/mol. The second-order valence-electron chi connectivity index (χ2n) is 4.45. The Bertz CT molecular complexity index is 394. The third-order valence-corrected chi connectivity index (χ3v) is 3.03. The van der Waals surface area contributed by atoms with Gasteiger partial charge in [-0.05, 0) is 38.3 Å². The molecule has 0 bridgehead atoms. The van der Waals surface area contributed by atoms with E-state index in [0.717, 1.165) is 19.3 Å². The quantitative estimate of drug-likeness (QED) is 0.791. The average Bonchev–Trinajstić information content (AvgIpc) is 2.24. The Morgan fingerprint density at radius 2 is 2.25 bits per heavy atom. The Morgan fingerprint density at radius 1 is 1.50 bits per heavy atom. The lowest BCUT2D eigenvalue weighted by Gasteiger charge is -2.36. The molecule has 0 heterocycles. The zero-order valence-corrected chi connectivity index (χ0v) is 9.40. The zero-order valence-electron chi connectivity index (χ0n) is 9.40. The van der Waals surface area contributed by atoms with Crippen LogP contribution in [0, 0.1) is 0 Å². The number of hydrogen-bond donors (Lipinski definition) is 1. The van der Waals surface area contributed by atoms with Crippen LogP contribution < -0.4 is 4.74 Å². The number of hydrogen-bond acceptors (Lipinski definition) is 3. The molecule has 2 rings (SSSR count). The van der Waals surface area contributed by atoms with Crippen molar-refractivity contribution in [1.29, 1.82) is 0 Å². The van der Waals surface area contributed by atoms with Gasteiger partial charge in [0.1, 0.15) is 12.4 Å². The highest BCUT2D eigenvalue weighted by molar-refractivity contribution is 5.94. The van der Waals surface area contributed by atoms with Crippen LogP contribution in [0.5, 0.6) is 5.75 Å². The Kier molecular flexibility index (Phi) is 2.97. The van der Waals surface area contributed by atoms with Crippen molar-refractivity contribution in [3.8, 4) is 5.75 Å². The molecule has 3 nitrogen and oxygen atoms in total. The first kappa shape index (κ1) is 11.1. The summed E-state index contributed by atoms with van der Waals surface area (Å²) in [7, 11) is 0. The minimum Gasteiger partial charge on any atom is -0.491 e. The molecule has 16 heavy (non-hydrogen) atoms. The molecule has 0 unspecified atom stereocenters. The van der Waals surface area contributed by atoms with E-state index in [1.165, 1.54) is 6.92 Å². The van der Waals surface area contributed by atoms with Crippen molar-refractivity contribution < 1.29 is 14.6 Å². The molecule has 1 aliphatic rings. The van der Waals surface area contributed by atoms with Gasteiger partial charge in [0.15, 0.2) is 5.78 Å². The molecule has 0 saturated heterocycles. The standard InChI is InChI=1S/C13H16O3/c1-10(14)11-4-2-5-12(8-11)16-9-13(15)6-3-7-13/h2,4-5,8,15H,3,6-7,9H2,1H3. The molecule has 0 aliphatic heterocycles. The average molecular weight is 220 g/mol. The molecule has 1 aromatic carbocycles. The summed E-state index contributed by atoms with van der Waals surface area (Å²) in [6, 6.07) is 7.06. The molecule has 0 amide bonds. The first-order valence-electron chi connectivity index (χ1n) is 5.55. The number of carbonyl (C=O) groups excluding carboxylic acids is 1. The minimum absolute atomic E-state index is 0.0211. The number of carbonyl (C=O) groups is 1. The maximum absolute atomic E-state index is 11.2. The fraction of sp³-hybridized carbons (Fsp3) is 0.462. The summed E-state index contributed by atoms with van der Waals surface area (Å²) < 4.78 is 5.50. The van der Waals surface area contributed by atoms with Crippen LogP contribution in [0.1, 0.15) is 36.5 Å². The smallest absolute Gasteiger partial charge is 0.159 e. The van der Waals surface area contributed by atoms with Crippen LogP contribution in [-0.4, -0.2) is 23.1 Å². The van der Waals surface area contributed by atoms with Crippen LogP contribution in [0.15, 0.2) is 24.3 Å². The van der Waals surface area contributed by atoms with E-state index in [1.54, 1.807) is 24.3 Å². The van der Waals surface area contributed by atoms with Gasteiger partial charge in [0.2, 0.25) is 0 Å². The Morgan fingerprint density at radius 3 is 2.81 bits per heavy atom. The number of ether oxygens (including phenoxy) is 1. The summed E-state index contributed by atoms with van der Waals surface area (Å²) in [5.41, 5.74) is -0.00947. The number of aliphatic hydroxyl groups is 1. The first-order chi connectivity index (χ1) is 7.59. The fourth-order valence-corrected chi connectivity index (χ4v) is 1.75. The molecule has 1 fully saturated rings. The van der Waals surface area contributed by atoms with Crippen molar-refractivity contribution in [3.05, 3.63) is 29.8 Å². The van der Waals surface area contributed by atoms with Crippen LogP contribution in [0.25, 0.3) is 0 Å². The van der Waals surface area contributed by atoms with Crippen molar-refractivity contribution in [2.24, 2.45) is 0 Å². The number of rotatable bonds is 4. The van der Waals surface area contributed by atoms with Crippen LogP contribution in [0.3, 0.4) is 0 Å². The summed E-state index contributed by atoms with van der Waals surface area (Å²) in [6.07, 6.45) is 2.67. The van der Waals surface area contributed by atoms with E-state index in [4.69, 9.17) is 4.74 Å². The Labute approximate surface area is 95.0 Å². The van der Waals surface area contributed by atoms with Crippen molar-refractivity contribution >= 4 is 5.78 Å². The summed E-state index contributed by atoms with van der Waals surface area (Å²) in [4.78, 5) is 11.2. The second-order valence-corrected chi connectivity index (χ2v) is 4.45. The maximum Gasteiger partial charge on any atom is 0.159 e. The second kappa shape index (κ2) is 4.26. The van der Waals surface area contributed by atoms with Gasteiger partial charge in [-0.2, -0.15) is 0 Å². The largest absolute Gasteiger partial charge is 0.491 e. The van der Waals surface area contributed by atoms with E-state index in [2.05, 4.69) is 0 Å². The van der Waals surface area contributed by atoms with Gasteiger partial charge in [-0.1, -0.05) is 12.1 Å². The van der Waals surface area contributed by atoms with Crippen LogP contribution in [0.4, 0.5) is 0 Å². The van der Waals surface area contributed by atoms with Crippen molar-refractivity contribution in [2.75, 3.05) is 6.61 Å². The van der Waals surface area contributed by atoms with Gasteiger partial charge in [-0.3, -0.25) is 4.79 Å². The summed E-state index contributed by atoms with van der Waals surface area (Å²) in [5.74, 6) is 0.667. The Hall–Kier alpha value is -1.35. The minimum atomic E-state index is -0.647. The monoisotopic (exact) mass is 220 g/mol. The lowest BCUT2D eigenvalue weighted by Crippen LogP contribution is -2.42. The molecule has 0 spiro atoms. The van der Waals surface area contributed by atoms with E-state index < -0.39 is 5.60 Å². The summed E-state index contributed by atoms with van der Waals surface area (Å²) in [5, 5.41) is 9.86. The van der Waals surface area contributed by atoms with Gasteiger partial charge < -0.3 is 9.84 Å². The van der Waals surface area contributed by atoms with E-state index in [1.807, 2.05) is 0 Å². The van der Waals surface area contributed by atoms with E-state index in [-0.39, 0.29) is 5.78 Å². The summed E-state index contributed by atoms with van der Waals surface area (Å²) in [6.45, 7) is 1.84. The SMILES string of the molecule is CC(=O)c1cccc(OCC2(O)CCC2)c1. The molecule has 86 valence electrons. The van der Waals surface area contributed by atoms with Gasteiger partial charge in [0.05, 0.1) is 5.60 Å². The first-order valence-corrected chi connectivity index (χ1v) is 5.55. The highest BCUT2D eigenvalue weighted by Crippen LogP contribution is 2.32. The molecule has 1 N–H and O–H groups in total. The van der Waals surface area contributed by atoms with Crippen LogP contribution in [0.2, 0.25) is 0 Å². The van der Waals surface area contributed by atoms with Gasteiger partial charge >= 0.3 is 0 Å². The number of ketones is 1. The van der Waals surface area contributed by atoms with Crippen molar-refractivity contribution in [3.63, 3.8) is 0 Å². The van der Waals surface area contributed by atoms with Gasteiger partial charge in [-0.25, -0.2) is 0 Å². The normalized spacial score (nSPS) is 17.6. The molecule has 1 aromatic rings. The molecule has 0 atom stereocenters.